The molecule has 104 valence electrons. The van der Waals surface area contributed by atoms with Gasteiger partial charge in [0.25, 0.3) is 0 Å². The van der Waals surface area contributed by atoms with Crippen LogP contribution in [-0.4, -0.2) is 19.3 Å². The minimum Gasteiger partial charge on any atom is -0.315 e. The molecule has 0 heterocycles. The first-order valence-electron chi connectivity index (χ1n) is 6.64. The molecule has 0 aromatic heterocycles. The molecule has 0 aliphatic heterocycles. The fourth-order valence-corrected chi connectivity index (χ4v) is 2.51. The van der Waals surface area contributed by atoms with Crippen molar-refractivity contribution in [3.8, 4) is 6.07 Å². The van der Waals surface area contributed by atoms with E-state index in [4.69, 9.17) is 5.26 Å². The van der Waals surface area contributed by atoms with E-state index in [-0.39, 0.29) is 6.54 Å². The Morgan fingerprint density at radius 3 is 2.22 bits per heavy atom. The highest BCUT2D eigenvalue weighted by Gasteiger charge is 2.39. The zero-order valence-corrected chi connectivity index (χ0v) is 10.8. The van der Waals surface area contributed by atoms with Crippen LogP contribution in [0, 0.1) is 29.1 Å². The molecule has 1 rings (SSSR count). The van der Waals surface area contributed by atoms with Gasteiger partial charge < -0.3 is 5.32 Å². The van der Waals surface area contributed by atoms with Gasteiger partial charge in [0.05, 0.1) is 6.07 Å². The van der Waals surface area contributed by atoms with E-state index in [0.29, 0.717) is 12.5 Å². The molecule has 1 saturated carbocycles. The predicted octanol–water partition coefficient (Wildman–Crippen LogP) is 3.49. The van der Waals surface area contributed by atoms with E-state index in [0.717, 1.165) is 18.8 Å². The number of halogens is 3. The second-order valence-corrected chi connectivity index (χ2v) is 5.18. The van der Waals surface area contributed by atoms with Crippen LogP contribution in [0.4, 0.5) is 13.2 Å². The predicted molar refractivity (Wildman–Crippen MR) is 63.8 cm³/mol. The molecule has 0 spiro atoms. The molecule has 0 bridgehead atoms. The van der Waals surface area contributed by atoms with Gasteiger partial charge in [-0.15, -0.1) is 0 Å². The maximum atomic E-state index is 12.3. The number of alkyl halides is 3. The summed E-state index contributed by atoms with van der Waals surface area (Å²) in [5, 5.41) is 11.3. The zero-order chi connectivity index (χ0) is 13.6. The van der Waals surface area contributed by atoms with Crippen LogP contribution in [0.5, 0.6) is 0 Å². The molecule has 0 amide bonds. The summed E-state index contributed by atoms with van der Waals surface area (Å²) in [7, 11) is 0. The molecule has 1 N–H and O–H groups in total. The van der Waals surface area contributed by atoms with Crippen LogP contribution in [0.25, 0.3) is 0 Å². The summed E-state index contributed by atoms with van der Waals surface area (Å²) in [6.07, 6.45) is 1.34. The lowest BCUT2D eigenvalue weighted by Crippen LogP contribution is -2.35. The number of hydrogen-bond donors (Lipinski definition) is 1. The summed E-state index contributed by atoms with van der Waals surface area (Å²) in [6.45, 7) is 2.50. The third kappa shape index (κ3) is 4.85. The van der Waals surface area contributed by atoms with Crippen LogP contribution in [0.3, 0.4) is 0 Å². The second kappa shape index (κ2) is 6.98. The largest absolute Gasteiger partial charge is 0.405 e. The molecule has 1 fully saturated rings. The average Bonchev–Trinajstić information content (AvgIpc) is 2.34. The van der Waals surface area contributed by atoms with Crippen LogP contribution < -0.4 is 5.32 Å². The van der Waals surface area contributed by atoms with Crippen LogP contribution >= 0.6 is 0 Å². The smallest absolute Gasteiger partial charge is 0.315 e. The van der Waals surface area contributed by atoms with E-state index in [1.165, 1.54) is 25.3 Å². The monoisotopic (exact) mass is 262 g/mol. The van der Waals surface area contributed by atoms with E-state index in [9.17, 15) is 13.2 Å². The lowest BCUT2D eigenvalue weighted by atomic mass is 9.81. The number of nitrogens with one attached hydrogen (secondary N) is 1. The standard InChI is InChI=1S/C13H21F3N2/c1-2-10-3-5-11(6-4-10)8-18-9-12(7-17)13(14,15)16/h10-12,18H,2-6,8-9H2,1H3. The summed E-state index contributed by atoms with van der Waals surface area (Å²) in [4.78, 5) is 0. The second-order valence-electron chi connectivity index (χ2n) is 5.18. The Labute approximate surface area is 107 Å². The molecule has 1 aliphatic rings. The highest BCUT2D eigenvalue weighted by molar-refractivity contribution is 4.90. The third-order valence-electron chi connectivity index (χ3n) is 3.88. The Kier molecular flexibility index (Phi) is 5.94. The van der Waals surface area contributed by atoms with Crippen molar-refractivity contribution in [3.63, 3.8) is 0 Å². The van der Waals surface area contributed by atoms with Crippen molar-refractivity contribution in [1.82, 2.24) is 5.32 Å². The molecule has 18 heavy (non-hydrogen) atoms. The van der Waals surface area contributed by atoms with Crippen molar-refractivity contribution < 1.29 is 13.2 Å². The molecule has 0 aromatic carbocycles. The minimum absolute atomic E-state index is 0.284. The van der Waals surface area contributed by atoms with Gasteiger partial charge in [0, 0.05) is 6.54 Å². The van der Waals surface area contributed by atoms with Crippen molar-refractivity contribution in [2.24, 2.45) is 17.8 Å². The summed E-state index contributed by atoms with van der Waals surface area (Å²) in [5.41, 5.74) is 0. The fourth-order valence-electron chi connectivity index (χ4n) is 2.51. The summed E-state index contributed by atoms with van der Waals surface area (Å²) in [6, 6.07) is 1.31. The highest BCUT2D eigenvalue weighted by Crippen LogP contribution is 2.30. The van der Waals surface area contributed by atoms with E-state index >= 15 is 0 Å². The first kappa shape index (κ1) is 15.3. The highest BCUT2D eigenvalue weighted by atomic mass is 19.4. The van der Waals surface area contributed by atoms with Crippen LogP contribution in [0.1, 0.15) is 39.0 Å². The number of nitriles is 1. The SMILES string of the molecule is CCC1CCC(CNCC(C#N)C(F)(F)F)CC1. The zero-order valence-electron chi connectivity index (χ0n) is 10.8. The van der Waals surface area contributed by atoms with Crippen molar-refractivity contribution >= 4 is 0 Å². The van der Waals surface area contributed by atoms with Crippen molar-refractivity contribution in [2.75, 3.05) is 13.1 Å². The van der Waals surface area contributed by atoms with Gasteiger partial charge in [0.2, 0.25) is 0 Å². The van der Waals surface area contributed by atoms with E-state index in [1.807, 2.05) is 0 Å². The number of nitrogens with zero attached hydrogens (tertiary/aromatic N) is 1. The Hall–Kier alpha value is -0.760. The maximum Gasteiger partial charge on any atom is 0.405 e. The van der Waals surface area contributed by atoms with Gasteiger partial charge in [0.1, 0.15) is 0 Å². The molecule has 1 atom stereocenters. The minimum atomic E-state index is -4.42. The molecule has 1 aliphatic carbocycles. The van der Waals surface area contributed by atoms with Gasteiger partial charge in [-0.2, -0.15) is 18.4 Å². The van der Waals surface area contributed by atoms with Crippen molar-refractivity contribution in [3.05, 3.63) is 0 Å². The van der Waals surface area contributed by atoms with Gasteiger partial charge in [-0.25, -0.2) is 0 Å². The van der Waals surface area contributed by atoms with E-state index < -0.39 is 12.1 Å². The Bertz CT molecular complexity index is 275. The molecule has 0 radical (unpaired) electrons. The summed E-state index contributed by atoms with van der Waals surface area (Å²) in [5.74, 6) is -0.617. The van der Waals surface area contributed by atoms with Gasteiger partial charge in [-0.05, 0) is 31.2 Å². The lowest BCUT2D eigenvalue weighted by Gasteiger charge is -2.28. The molecule has 5 heteroatoms. The normalized spacial score (nSPS) is 26.6. The molecular weight excluding hydrogens is 241 g/mol. The van der Waals surface area contributed by atoms with Gasteiger partial charge in [-0.3, -0.25) is 0 Å². The Morgan fingerprint density at radius 2 is 1.78 bits per heavy atom. The molecule has 0 aromatic rings. The molecule has 1 unspecified atom stereocenters. The average molecular weight is 262 g/mol. The summed E-state index contributed by atoms with van der Waals surface area (Å²) >= 11 is 0. The van der Waals surface area contributed by atoms with Gasteiger partial charge in [-0.1, -0.05) is 26.2 Å². The fraction of sp³-hybridized carbons (Fsp3) is 0.923. The number of rotatable bonds is 5. The van der Waals surface area contributed by atoms with Gasteiger partial charge >= 0.3 is 6.18 Å². The topological polar surface area (TPSA) is 35.8 Å². The van der Waals surface area contributed by atoms with E-state index in [2.05, 4.69) is 12.2 Å². The third-order valence-corrected chi connectivity index (χ3v) is 3.88. The Morgan fingerprint density at radius 1 is 1.22 bits per heavy atom. The van der Waals surface area contributed by atoms with Crippen molar-refractivity contribution in [1.29, 1.82) is 5.26 Å². The Balaban J connectivity index is 2.21. The van der Waals surface area contributed by atoms with Gasteiger partial charge in [0.15, 0.2) is 5.92 Å². The van der Waals surface area contributed by atoms with Crippen LogP contribution in [0.2, 0.25) is 0 Å². The molecule has 0 saturated heterocycles. The molecule has 2 nitrogen and oxygen atoms in total. The first-order valence-corrected chi connectivity index (χ1v) is 6.64. The van der Waals surface area contributed by atoms with Crippen LogP contribution in [0.15, 0.2) is 0 Å². The van der Waals surface area contributed by atoms with Crippen LogP contribution in [-0.2, 0) is 0 Å². The summed E-state index contributed by atoms with van der Waals surface area (Å²) < 4.78 is 37.0. The van der Waals surface area contributed by atoms with Crippen molar-refractivity contribution in [2.45, 2.75) is 45.2 Å². The maximum absolute atomic E-state index is 12.3. The number of hydrogen-bond acceptors (Lipinski definition) is 2. The lowest BCUT2D eigenvalue weighted by molar-refractivity contribution is -0.157. The quantitative estimate of drug-likeness (QED) is 0.823. The molecular formula is C13H21F3N2. The first-order chi connectivity index (χ1) is 8.47. The van der Waals surface area contributed by atoms with E-state index in [1.54, 1.807) is 0 Å².